The Morgan fingerprint density at radius 2 is 2.22 bits per heavy atom. The minimum Gasteiger partial charge on any atom is -0.312 e. The van der Waals surface area contributed by atoms with Gasteiger partial charge < -0.3 is 10.6 Å². The van der Waals surface area contributed by atoms with Crippen molar-refractivity contribution in [1.29, 1.82) is 0 Å². The Balaban J connectivity index is 1.83. The van der Waals surface area contributed by atoms with Gasteiger partial charge >= 0.3 is 0 Å². The molecule has 1 aromatic rings. The molecule has 1 atom stereocenters. The lowest BCUT2D eigenvalue weighted by atomic mass is 9.77. The average molecular weight is 267 g/mol. The summed E-state index contributed by atoms with van der Waals surface area (Å²) in [6.45, 7) is 12.1. The highest BCUT2D eigenvalue weighted by molar-refractivity contribution is 7.11. The number of rotatable bonds is 4. The average Bonchev–Trinajstić information content (AvgIpc) is 2.60. The predicted octanol–water partition coefficient (Wildman–Crippen LogP) is 2.63. The van der Waals surface area contributed by atoms with Gasteiger partial charge in [0.05, 0.1) is 10.7 Å². The lowest BCUT2D eigenvalue weighted by molar-refractivity contribution is 0.176. The Kier molecular flexibility index (Phi) is 4.41. The molecule has 1 aromatic heterocycles. The summed E-state index contributed by atoms with van der Waals surface area (Å²) >= 11 is 1.81. The molecule has 18 heavy (non-hydrogen) atoms. The molecule has 1 aliphatic heterocycles. The van der Waals surface area contributed by atoms with E-state index >= 15 is 0 Å². The highest BCUT2D eigenvalue weighted by Gasteiger charge is 2.31. The van der Waals surface area contributed by atoms with E-state index in [1.165, 1.54) is 28.4 Å². The molecule has 0 aliphatic carbocycles. The van der Waals surface area contributed by atoms with E-state index in [0.717, 1.165) is 19.6 Å². The van der Waals surface area contributed by atoms with E-state index in [2.05, 4.69) is 43.3 Å². The van der Waals surface area contributed by atoms with Crippen molar-refractivity contribution in [1.82, 2.24) is 15.6 Å². The summed E-state index contributed by atoms with van der Waals surface area (Å²) < 4.78 is 0. The summed E-state index contributed by atoms with van der Waals surface area (Å²) in [6.07, 6.45) is 2.63. The molecule has 2 N–H and O–H groups in total. The van der Waals surface area contributed by atoms with Gasteiger partial charge in [-0.3, -0.25) is 0 Å². The van der Waals surface area contributed by atoms with Crippen LogP contribution in [0.3, 0.4) is 0 Å². The Morgan fingerprint density at radius 1 is 1.44 bits per heavy atom. The van der Waals surface area contributed by atoms with Gasteiger partial charge in [-0.05, 0) is 38.6 Å². The van der Waals surface area contributed by atoms with Gasteiger partial charge in [0, 0.05) is 24.0 Å². The molecule has 0 radical (unpaired) electrons. The van der Waals surface area contributed by atoms with E-state index in [1.54, 1.807) is 11.3 Å². The van der Waals surface area contributed by atoms with Crippen molar-refractivity contribution < 1.29 is 0 Å². The van der Waals surface area contributed by atoms with E-state index in [9.17, 15) is 0 Å². The van der Waals surface area contributed by atoms with E-state index in [0.29, 0.717) is 11.5 Å². The molecule has 0 spiro atoms. The number of hydrogen-bond donors (Lipinski definition) is 2. The highest BCUT2D eigenvalue weighted by atomic mass is 32.1. The van der Waals surface area contributed by atoms with Gasteiger partial charge in [0.2, 0.25) is 0 Å². The normalized spacial score (nSPS) is 23.2. The van der Waals surface area contributed by atoms with Gasteiger partial charge in [-0.15, -0.1) is 11.3 Å². The van der Waals surface area contributed by atoms with Crippen molar-refractivity contribution in [2.24, 2.45) is 5.41 Å². The van der Waals surface area contributed by atoms with Gasteiger partial charge in [-0.1, -0.05) is 13.8 Å². The first-order chi connectivity index (χ1) is 8.49. The van der Waals surface area contributed by atoms with Crippen LogP contribution < -0.4 is 10.6 Å². The minimum atomic E-state index is 0.407. The van der Waals surface area contributed by atoms with Crippen LogP contribution in [-0.4, -0.2) is 24.1 Å². The lowest BCUT2D eigenvalue weighted by Gasteiger charge is -2.39. The maximum absolute atomic E-state index is 4.47. The monoisotopic (exact) mass is 267 g/mol. The fraction of sp³-hybridized carbons (Fsp3) is 0.786. The van der Waals surface area contributed by atoms with Gasteiger partial charge in [0.25, 0.3) is 0 Å². The predicted molar refractivity (Wildman–Crippen MR) is 78.1 cm³/mol. The summed E-state index contributed by atoms with van der Waals surface area (Å²) in [5.74, 6) is 0. The van der Waals surface area contributed by atoms with Crippen LogP contribution in [-0.2, 0) is 6.54 Å². The zero-order valence-corrected chi connectivity index (χ0v) is 12.8. The molecule has 1 unspecified atom stereocenters. The van der Waals surface area contributed by atoms with E-state index in [-0.39, 0.29) is 0 Å². The van der Waals surface area contributed by atoms with Crippen LogP contribution in [0.5, 0.6) is 0 Å². The Morgan fingerprint density at radius 3 is 2.83 bits per heavy atom. The largest absolute Gasteiger partial charge is 0.312 e. The van der Waals surface area contributed by atoms with Gasteiger partial charge in [0.15, 0.2) is 0 Å². The molecule has 1 aliphatic rings. The number of thiazole rings is 1. The van der Waals surface area contributed by atoms with Gasteiger partial charge in [0.1, 0.15) is 0 Å². The summed E-state index contributed by atoms with van der Waals surface area (Å²) in [7, 11) is 0. The van der Waals surface area contributed by atoms with Crippen LogP contribution >= 0.6 is 11.3 Å². The third kappa shape index (κ3) is 3.31. The molecule has 1 fully saturated rings. The number of piperidine rings is 1. The summed E-state index contributed by atoms with van der Waals surface area (Å²) in [6, 6.07) is 0.584. The highest BCUT2D eigenvalue weighted by Crippen LogP contribution is 2.29. The number of nitrogens with one attached hydrogen (secondary N) is 2. The molecule has 0 bridgehead atoms. The van der Waals surface area contributed by atoms with E-state index in [1.807, 2.05) is 0 Å². The van der Waals surface area contributed by atoms with Crippen molar-refractivity contribution in [3.63, 3.8) is 0 Å². The topological polar surface area (TPSA) is 37.0 Å². The molecule has 3 nitrogen and oxygen atoms in total. The smallest absolute Gasteiger partial charge is 0.0900 e. The SMILES string of the molecule is Cc1nc(C)c(CNCC2NCCCC2(C)C)s1. The fourth-order valence-electron chi connectivity index (χ4n) is 2.69. The van der Waals surface area contributed by atoms with Crippen LogP contribution in [0.25, 0.3) is 0 Å². The first-order valence-corrected chi connectivity index (χ1v) is 7.68. The number of aryl methyl sites for hydroxylation is 2. The minimum absolute atomic E-state index is 0.407. The molecule has 2 rings (SSSR count). The standard InChI is InChI=1S/C14H25N3S/c1-10-12(18-11(2)17-10)8-15-9-13-14(3,4)6-5-7-16-13/h13,15-16H,5-9H2,1-4H3. The zero-order chi connectivity index (χ0) is 13.2. The summed E-state index contributed by atoms with van der Waals surface area (Å²) in [5.41, 5.74) is 1.59. The lowest BCUT2D eigenvalue weighted by Crippen LogP contribution is -2.51. The van der Waals surface area contributed by atoms with Crippen molar-refractivity contribution >= 4 is 11.3 Å². The number of hydrogen-bond acceptors (Lipinski definition) is 4. The third-order valence-electron chi connectivity index (χ3n) is 3.97. The van der Waals surface area contributed by atoms with Crippen molar-refractivity contribution in [3.05, 3.63) is 15.6 Å². The van der Waals surface area contributed by atoms with E-state index < -0.39 is 0 Å². The maximum Gasteiger partial charge on any atom is 0.0900 e. The third-order valence-corrected chi connectivity index (χ3v) is 5.04. The first-order valence-electron chi connectivity index (χ1n) is 6.86. The molecule has 0 aromatic carbocycles. The molecule has 0 amide bonds. The van der Waals surface area contributed by atoms with E-state index in [4.69, 9.17) is 0 Å². The Bertz CT molecular complexity index is 398. The van der Waals surface area contributed by atoms with Gasteiger partial charge in [-0.25, -0.2) is 4.98 Å². The Labute approximate surface area is 114 Å². The number of aromatic nitrogens is 1. The second-order valence-corrected chi connectivity index (χ2v) is 7.26. The maximum atomic E-state index is 4.47. The first kappa shape index (κ1) is 14.0. The van der Waals surface area contributed by atoms with Crippen molar-refractivity contribution in [2.75, 3.05) is 13.1 Å². The Hall–Kier alpha value is -0.450. The van der Waals surface area contributed by atoms with Crippen LogP contribution in [0.1, 0.15) is 42.3 Å². The fourth-order valence-corrected chi connectivity index (χ4v) is 3.59. The molecule has 4 heteroatoms. The summed E-state index contributed by atoms with van der Waals surface area (Å²) in [5, 5.41) is 8.40. The van der Waals surface area contributed by atoms with Crippen molar-refractivity contribution in [2.45, 2.75) is 53.1 Å². The van der Waals surface area contributed by atoms with Crippen LogP contribution in [0.15, 0.2) is 0 Å². The quantitative estimate of drug-likeness (QED) is 0.880. The molecule has 102 valence electrons. The molecular formula is C14H25N3S. The molecular weight excluding hydrogens is 242 g/mol. The molecule has 1 saturated heterocycles. The number of nitrogens with zero attached hydrogens (tertiary/aromatic N) is 1. The molecule has 0 saturated carbocycles. The second kappa shape index (κ2) is 5.68. The van der Waals surface area contributed by atoms with Crippen molar-refractivity contribution in [3.8, 4) is 0 Å². The summed E-state index contributed by atoms with van der Waals surface area (Å²) in [4.78, 5) is 5.84. The zero-order valence-electron chi connectivity index (χ0n) is 12.0. The molecule has 2 heterocycles. The van der Waals surface area contributed by atoms with Crippen LogP contribution in [0.4, 0.5) is 0 Å². The van der Waals surface area contributed by atoms with Crippen LogP contribution in [0.2, 0.25) is 0 Å². The second-order valence-electron chi connectivity index (χ2n) is 5.97. The van der Waals surface area contributed by atoms with Crippen LogP contribution in [0, 0.1) is 19.3 Å². The van der Waals surface area contributed by atoms with Gasteiger partial charge in [-0.2, -0.15) is 0 Å².